The second kappa shape index (κ2) is 11.4. The molecule has 2 atom stereocenters. The van der Waals surface area contributed by atoms with Crippen molar-refractivity contribution in [1.82, 2.24) is 15.6 Å². The minimum atomic E-state index is -4.50. The van der Waals surface area contributed by atoms with E-state index in [1.165, 1.54) is 0 Å². The molecule has 0 saturated carbocycles. The summed E-state index contributed by atoms with van der Waals surface area (Å²) in [4.78, 5) is 8.00. The van der Waals surface area contributed by atoms with Crippen molar-refractivity contribution in [3.8, 4) is 5.88 Å². The molecule has 1 aromatic rings. The van der Waals surface area contributed by atoms with Gasteiger partial charge in [-0.2, -0.15) is 13.2 Å². The van der Waals surface area contributed by atoms with Crippen LogP contribution in [0.5, 0.6) is 5.88 Å². The molecular formula is C18H26ClF3N4O3. The Hall–Kier alpha value is -1.78. The second-order valence-corrected chi connectivity index (χ2v) is 6.89. The zero-order valence-corrected chi connectivity index (χ0v) is 17.1. The Morgan fingerprint density at radius 3 is 2.90 bits per heavy atom. The number of aliphatic imine (C=N–C) groups is 1. The Kier molecular flexibility index (Phi) is 9.25. The average molecular weight is 439 g/mol. The molecule has 11 heteroatoms. The maximum atomic E-state index is 12.6. The first-order valence-electron chi connectivity index (χ1n) is 9.39. The van der Waals surface area contributed by atoms with Gasteiger partial charge in [0.15, 0.2) is 5.96 Å². The molecule has 2 unspecified atom stereocenters. The standard InChI is InChI=1S/C18H26ClF3N4O3/c1-3-23-17(26-12(2)10-29-14-4-6-27-11-14)24-5-7-28-16-15(19)8-13(9-25-16)18(20,21)22/h8-9,12,14H,3-7,10-11H2,1-2H3,(H2,23,24,26). The van der Waals surface area contributed by atoms with E-state index in [1.807, 2.05) is 13.8 Å². The Morgan fingerprint density at radius 2 is 2.28 bits per heavy atom. The number of hydrogen-bond acceptors (Lipinski definition) is 5. The number of nitrogens with zero attached hydrogens (tertiary/aromatic N) is 2. The van der Waals surface area contributed by atoms with Crippen LogP contribution in [0.25, 0.3) is 0 Å². The predicted octanol–water partition coefficient (Wildman–Crippen LogP) is 2.88. The quantitative estimate of drug-likeness (QED) is 0.351. The predicted molar refractivity (Wildman–Crippen MR) is 103 cm³/mol. The van der Waals surface area contributed by atoms with Crippen LogP contribution in [-0.2, 0) is 15.7 Å². The zero-order valence-electron chi connectivity index (χ0n) is 16.4. The smallest absolute Gasteiger partial charge is 0.417 e. The molecule has 1 aliphatic rings. The summed E-state index contributed by atoms with van der Waals surface area (Å²) in [5.74, 6) is 0.523. The van der Waals surface area contributed by atoms with E-state index in [0.29, 0.717) is 31.9 Å². The molecule has 0 radical (unpaired) electrons. The fraction of sp³-hybridized carbons (Fsp3) is 0.667. The molecule has 0 aromatic carbocycles. The average Bonchev–Trinajstić information content (AvgIpc) is 3.17. The fourth-order valence-electron chi connectivity index (χ4n) is 2.51. The Balaban J connectivity index is 1.79. The number of aromatic nitrogens is 1. The van der Waals surface area contributed by atoms with Gasteiger partial charge in [0.2, 0.25) is 5.88 Å². The third-order valence-electron chi connectivity index (χ3n) is 3.93. The number of nitrogens with one attached hydrogen (secondary N) is 2. The summed E-state index contributed by atoms with van der Waals surface area (Å²) in [7, 11) is 0. The lowest BCUT2D eigenvalue weighted by molar-refractivity contribution is -0.137. The minimum absolute atomic E-state index is 0.0281. The first-order valence-corrected chi connectivity index (χ1v) is 9.77. The lowest BCUT2D eigenvalue weighted by atomic mass is 10.3. The van der Waals surface area contributed by atoms with Crippen LogP contribution in [0.1, 0.15) is 25.8 Å². The number of alkyl halides is 3. The molecular weight excluding hydrogens is 413 g/mol. The third-order valence-corrected chi connectivity index (χ3v) is 4.20. The zero-order chi connectivity index (χ0) is 21.3. The molecule has 0 aliphatic carbocycles. The summed E-state index contributed by atoms with van der Waals surface area (Å²) in [6.45, 7) is 6.83. The van der Waals surface area contributed by atoms with Gasteiger partial charge in [-0.1, -0.05) is 11.6 Å². The van der Waals surface area contributed by atoms with Crippen molar-refractivity contribution in [1.29, 1.82) is 0 Å². The van der Waals surface area contributed by atoms with Gasteiger partial charge in [0, 0.05) is 25.4 Å². The molecule has 1 fully saturated rings. The van der Waals surface area contributed by atoms with Gasteiger partial charge in [0.1, 0.15) is 11.6 Å². The summed E-state index contributed by atoms with van der Waals surface area (Å²) < 4.78 is 54.3. The topological polar surface area (TPSA) is 77.0 Å². The molecule has 1 aliphatic heterocycles. The van der Waals surface area contributed by atoms with Crippen molar-refractivity contribution in [3.63, 3.8) is 0 Å². The highest BCUT2D eigenvalue weighted by molar-refractivity contribution is 6.31. The maximum absolute atomic E-state index is 12.6. The van der Waals surface area contributed by atoms with Crippen LogP contribution >= 0.6 is 11.6 Å². The van der Waals surface area contributed by atoms with Crippen LogP contribution in [0, 0.1) is 0 Å². The molecule has 2 heterocycles. The van der Waals surface area contributed by atoms with Gasteiger partial charge in [-0.05, 0) is 26.3 Å². The van der Waals surface area contributed by atoms with Crippen LogP contribution in [0.4, 0.5) is 13.2 Å². The molecule has 164 valence electrons. The largest absolute Gasteiger partial charge is 0.475 e. The van der Waals surface area contributed by atoms with E-state index in [4.69, 9.17) is 25.8 Å². The summed E-state index contributed by atoms with van der Waals surface area (Å²) in [5.41, 5.74) is -0.924. The van der Waals surface area contributed by atoms with Crippen molar-refractivity contribution >= 4 is 17.6 Å². The summed E-state index contributed by atoms with van der Waals surface area (Å²) >= 11 is 5.81. The lowest BCUT2D eigenvalue weighted by Crippen LogP contribution is -2.44. The number of hydrogen-bond donors (Lipinski definition) is 2. The van der Waals surface area contributed by atoms with E-state index in [1.54, 1.807) is 0 Å². The normalized spacial score (nSPS) is 18.6. The fourth-order valence-corrected chi connectivity index (χ4v) is 2.73. The first-order chi connectivity index (χ1) is 13.8. The second-order valence-electron chi connectivity index (χ2n) is 6.48. The molecule has 1 aromatic heterocycles. The van der Waals surface area contributed by atoms with Gasteiger partial charge in [-0.15, -0.1) is 0 Å². The Morgan fingerprint density at radius 1 is 1.48 bits per heavy atom. The number of halogens is 4. The molecule has 0 amide bonds. The Labute approximate surface area is 173 Å². The minimum Gasteiger partial charge on any atom is -0.475 e. The van der Waals surface area contributed by atoms with E-state index in [9.17, 15) is 13.2 Å². The molecule has 7 nitrogen and oxygen atoms in total. The Bertz CT molecular complexity index is 670. The highest BCUT2D eigenvalue weighted by Gasteiger charge is 2.31. The molecule has 1 saturated heterocycles. The lowest BCUT2D eigenvalue weighted by Gasteiger charge is -2.19. The molecule has 2 rings (SSSR count). The van der Waals surface area contributed by atoms with Crippen molar-refractivity contribution in [2.24, 2.45) is 4.99 Å². The van der Waals surface area contributed by atoms with Crippen LogP contribution in [0.2, 0.25) is 5.02 Å². The van der Waals surface area contributed by atoms with Crippen molar-refractivity contribution in [3.05, 3.63) is 22.8 Å². The number of pyridine rings is 1. The van der Waals surface area contributed by atoms with Crippen LogP contribution in [0.15, 0.2) is 17.3 Å². The third kappa shape index (κ3) is 8.23. The summed E-state index contributed by atoms with van der Waals surface area (Å²) in [6, 6.07) is 0.816. The van der Waals surface area contributed by atoms with E-state index < -0.39 is 11.7 Å². The molecule has 0 spiro atoms. The van der Waals surface area contributed by atoms with Gasteiger partial charge >= 0.3 is 6.18 Å². The van der Waals surface area contributed by atoms with Gasteiger partial charge in [0.25, 0.3) is 0 Å². The monoisotopic (exact) mass is 438 g/mol. The van der Waals surface area contributed by atoms with Gasteiger partial charge in [-0.3, -0.25) is 0 Å². The van der Waals surface area contributed by atoms with Crippen LogP contribution < -0.4 is 15.4 Å². The van der Waals surface area contributed by atoms with Crippen LogP contribution in [-0.4, -0.2) is 62.6 Å². The summed E-state index contributed by atoms with van der Waals surface area (Å²) in [6.07, 6.45) is -2.78. The van der Waals surface area contributed by atoms with Gasteiger partial charge in [-0.25, -0.2) is 9.98 Å². The maximum Gasteiger partial charge on any atom is 0.417 e. The molecule has 2 N–H and O–H groups in total. The number of rotatable bonds is 9. The van der Waals surface area contributed by atoms with E-state index in [2.05, 4.69) is 20.6 Å². The molecule has 29 heavy (non-hydrogen) atoms. The van der Waals surface area contributed by atoms with E-state index >= 15 is 0 Å². The van der Waals surface area contributed by atoms with Crippen molar-refractivity contribution in [2.45, 2.75) is 38.6 Å². The van der Waals surface area contributed by atoms with Gasteiger partial charge < -0.3 is 24.8 Å². The van der Waals surface area contributed by atoms with Crippen molar-refractivity contribution < 1.29 is 27.4 Å². The molecule has 0 bridgehead atoms. The number of ether oxygens (including phenoxy) is 3. The van der Waals surface area contributed by atoms with Crippen LogP contribution in [0.3, 0.4) is 0 Å². The highest BCUT2D eigenvalue weighted by Crippen LogP contribution is 2.32. The highest BCUT2D eigenvalue weighted by atomic mass is 35.5. The first kappa shape index (κ1) is 23.5. The van der Waals surface area contributed by atoms with Crippen molar-refractivity contribution in [2.75, 3.05) is 39.5 Å². The number of guanidine groups is 1. The van der Waals surface area contributed by atoms with E-state index in [-0.39, 0.29) is 36.2 Å². The van der Waals surface area contributed by atoms with Gasteiger partial charge in [0.05, 0.1) is 31.4 Å². The summed E-state index contributed by atoms with van der Waals surface area (Å²) in [5, 5.41) is 6.14. The SMILES string of the molecule is CCNC(=NCCOc1ncc(C(F)(F)F)cc1Cl)NC(C)COC1CCOC1. The van der Waals surface area contributed by atoms with E-state index in [0.717, 1.165) is 19.1 Å².